The maximum atomic E-state index is 12.0. The molecular weight excluding hydrogens is 278 g/mol. The Labute approximate surface area is 128 Å². The molecule has 106 valence electrons. The fourth-order valence-electron chi connectivity index (χ4n) is 2.36. The second-order valence-corrected chi connectivity index (χ2v) is 6.16. The second-order valence-electron chi connectivity index (χ2n) is 5.16. The predicted molar refractivity (Wildman–Crippen MR) is 88.6 cm³/mol. The first kappa shape index (κ1) is 13.8. The van der Waals surface area contributed by atoms with E-state index in [0.717, 1.165) is 5.56 Å². The SMILES string of the molecule is Cc1ccsc1CNC(=O)Cc1ccc2ccccc2c1. The summed E-state index contributed by atoms with van der Waals surface area (Å²) in [5.74, 6) is 0.0677. The lowest BCUT2D eigenvalue weighted by Crippen LogP contribution is -2.24. The fraction of sp³-hybridized carbons (Fsp3) is 0.167. The lowest BCUT2D eigenvalue weighted by atomic mass is 10.0. The summed E-state index contributed by atoms with van der Waals surface area (Å²) in [4.78, 5) is 13.3. The van der Waals surface area contributed by atoms with Crippen LogP contribution >= 0.6 is 11.3 Å². The van der Waals surface area contributed by atoms with Crippen LogP contribution in [0.25, 0.3) is 10.8 Å². The third kappa shape index (κ3) is 3.31. The van der Waals surface area contributed by atoms with Crippen molar-refractivity contribution in [3.05, 3.63) is 69.9 Å². The average Bonchev–Trinajstić information content (AvgIpc) is 2.90. The summed E-state index contributed by atoms with van der Waals surface area (Å²) in [7, 11) is 0. The third-order valence-electron chi connectivity index (χ3n) is 3.59. The van der Waals surface area contributed by atoms with Crippen molar-refractivity contribution in [3.8, 4) is 0 Å². The zero-order valence-electron chi connectivity index (χ0n) is 11.9. The maximum absolute atomic E-state index is 12.0. The molecule has 0 saturated heterocycles. The van der Waals surface area contributed by atoms with Gasteiger partial charge in [0.25, 0.3) is 0 Å². The minimum atomic E-state index is 0.0677. The van der Waals surface area contributed by atoms with Crippen molar-refractivity contribution in [2.75, 3.05) is 0 Å². The average molecular weight is 295 g/mol. The molecule has 3 aromatic rings. The Morgan fingerprint density at radius 3 is 2.67 bits per heavy atom. The maximum Gasteiger partial charge on any atom is 0.224 e. The highest BCUT2D eigenvalue weighted by Gasteiger charge is 2.06. The largest absolute Gasteiger partial charge is 0.351 e. The predicted octanol–water partition coefficient (Wildman–Crippen LogP) is 4.07. The van der Waals surface area contributed by atoms with E-state index >= 15 is 0 Å². The highest BCUT2D eigenvalue weighted by atomic mass is 32.1. The van der Waals surface area contributed by atoms with Crippen LogP contribution in [-0.4, -0.2) is 5.91 Å². The van der Waals surface area contributed by atoms with Gasteiger partial charge in [0, 0.05) is 4.88 Å². The molecule has 1 heterocycles. The lowest BCUT2D eigenvalue weighted by Gasteiger charge is -2.06. The second kappa shape index (κ2) is 6.10. The van der Waals surface area contributed by atoms with Crippen molar-refractivity contribution in [1.29, 1.82) is 0 Å². The van der Waals surface area contributed by atoms with Gasteiger partial charge in [-0.15, -0.1) is 11.3 Å². The van der Waals surface area contributed by atoms with Crippen LogP contribution in [0, 0.1) is 6.92 Å². The van der Waals surface area contributed by atoms with E-state index in [0.29, 0.717) is 13.0 Å². The topological polar surface area (TPSA) is 29.1 Å². The van der Waals surface area contributed by atoms with Crippen molar-refractivity contribution in [2.24, 2.45) is 0 Å². The number of hydrogen-bond acceptors (Lipinski definition) is 2. The van der Waals surface area contributed by atoms with E-state index in [4.69, 9.17) is 0 Å². The summed E-state index contributed by atoms with van der Waals surface area (Å²) in [6, 6.07) is 16.5. The molecule has 0 fully saturated rings. The van der Waals surface area contributed by atoms with Gasteiger partial charge in [-0.05, 0) is 40.3 Å². The summed E-state index contributed by atoms with van der Waals surface area (Å²) in [6.07, 6.45) is 0.426. The zero-order valence-corrected chi connectivity index (χ0v) is 12.7. The number of benzene rings is 2. The Bertz CT molecular complexity index is 775. The van der Waals surface area contributed by atoms with Gasteiger partial charge in [-0.2, -0.15) is 0 Å². The number of fused-ring (bicyclic) bond motifs is 1. The summed E-state index contributed by atoms with van der Waals surface area (Å²) >= 11 is 1.68. The Morgan fingerprint density at radius 2 is 1.90 bits per heavy atom. The molecule has 1 amide bonds. The van der Waals surface area contributed by atoms with Crippen molar-refractivity contribution in [2.45, 2.75) is 19.9 Å². The number of carbonyl (C=O) groups is 1. The monoisotopic (exact) mass is 295 g/mol. The molecule has 0 unspecified atom stereocenters. The molecule has 0 aliphatic rings. The highest BCUT2D eigenvalue weighted by Crippen LogP contribution is 2.17. The smallest absolute Gasteiger partial charge is 0.224 e. The van der Waals surface area contributed by atoms with E-state index in [1.165, 1.54) is 21.2 Å². The number of carbonyl (C=O) groups excluding carboxylic acids is 1. The number of hydrogen-bond donors (Lipinski definition) is 1. The molecule has 0 aliphatic heterocycles. The fourth-order valence-corrected chi connectivity index (χ4v) is 3.21. The van der Waals surface area contributed by atoms with E-state index in [1.54, 1.807) is 11.3 Å². The molecule has 2 aromatic carbocycles. The molecule has 0 radical (unpaired) electrons. The Kier molecular flexibility index (Phi) is 4.02. The van der Waals surface area contributed by atoms with Gasteiger partial charge >= 0.3 is 0 Å². The molecular formula is C18H17NOS. The van der Waals surface area contributed by atoms with Gasteiger partial charge in [0.1, 0.15) is 0 Å². The van der Waals surface area contributed by atoms with Gasteiger partial charge in [-0.3, -0.25) is 4.79 Å². The number of rotatable bonds is 4. The molecule has 0 aliphatic carbocycles. The normalized spacial score (nSPS) is 10.7. The molecule has 0 saturated carbocycles. The van der Waals surface area contributed by atoms with Crippen LogP contribution in [0.15, 0.2) is 53.9 Å². The number of amides is 1. The van der Waals surface area contributed by atoms with Crippen LogP contribution in [0.1, 0.15) is 16.0 Å². The van der Waals surface area contributed by atoms with E-state index in [9.17, 15) is 4.79 Å². The molecule has 1 aromatic heterocycles. The first-order chi connectivity index (χ1) is 10.2. The van der Waals surface area contributed by atoms with Crippen LogP contribution in [0.4, 0.5) is 0 Å². The van der Waals surface area contributed by atoms with Crippen molar-refractivity contribution in [1.82, 2.24) is 5.32 Å². The van der Waals surface area contributed by atoms with Crippen LogP contribution < -0.4 is 5.32 Å². The first-order valence-electron chi connectivity index (χ1n) is 7.00. The molecule has 0 bridgehead atoms. The number of thiophene rings is 1. The first-order valence-corrected chi connectivity index (χ1v) is 7.88. The molecule has 21 heavy (non-hydrogen) atoms. The van der Waals surface area contributed by atoms with Gasteiger partial charge in [0.05, 0.1) is 13.0 Å². The van der Waals surface area contributed by atoms with Gasteiger partial charge in [0.2, 0.25) is 5.91 Å². The standard InChI is InChI=1S/C18H17NOS/c1-13-8-9-21-17(13)12-19-18(20)11-14-6-7-15-4-2-3-5-16(15)10-14/h2-10H,11-12H2,1H3,(H,19,20). The van der Waals surface area contributed by atoms with E-state index in [2.05, 4.69) is 48.0 Å². The van der Waals surface area contributed by atoms with Crippen molar-refractivity contribution >= 4 is 28.0 Å². The Morgan fingerprint density at radius 1 is 1.10 bits per heavy atom. The lowest BCUT2D eigenvalue weighted by molar-refractivity contribution is -0.120. The quantitative estimate of drug-likeness (QED) is 0.772. The number of aryl methyl sites for hydroxylation is 1. The van der Waals surface area contributed by atoms with Gasteiger partial charge in [-0.25, -0.2) is 0 Å². The summed E-state index contributed by atoms with van der Waals surface area (Å²) < 4.78 is 0. The molecule has 0 spiro atoms. The zero-order chi connectivity index (χ0) is 14.7. The molecule has 3 rings (SSSR count). The minimum Gasteiger partial charge on any atom is -0.351 e. The van der Waals surface area contributed by atoms with Gasteiger partial charge in [-0.1, -0.05) is 42.5 Å². The van der Waals surface area contributed by atoms with Gasteiger partial charge in [0.15, 0.2) is 0 Å². The molecule has 2 nitrogen and oxygen atoms in total. The van der Waals surface area contributed by atoms with E-state index < -0.39 is 0 Å². The third-order valence-corrected chi connectivity index (χ3v) is 4.62. The highest BCUT2D eigenvalue weighted by molar-refractivity contribution is 7.10. The Balaban J connectivity index is 1.64. The molecule has 0 atom stereocenters. The Hall–Kier alpha value is -2.13. The minimum absolute atomic E-state index is 0.0677. The van der Waals surface area contributed by atoms with Crippen LogP contribution in [0.3, 0.4) is 0 Å². The summed E-state index contributed by atoms with van der Waals surface area (Å²) in [6.45, 7) is 2.69. The summed E-state index contributed by atoms with van der Waals surface area (Å²) in [5.41, 5.74) is 2.29. The van der Waals surface area contributed by atoms with E-state index in [-0.39, 0.29) is 5.91 Å². The van der Waals surface area contributed by atoms with Crippen molar-refractivity contribution < 1.29 is 4.79 Å². The van der Waals surface area contributed by atoms with Crippen LogP contribution in [0.5, 0.6) is 0 Å². The van der Waals surface area contributed by atoms with Crippen LogP contribution in [-0.2, 0) is 17.8 Å². The number of nitrogens with one attached hydrogen (secondary N) is 1. The van der Waals surface area contributed by atoms with Crippen molar-refractivity contribution in [3.63, 3.8) is 0 Å². The van der Waals surface area contributed by atoms with Gasteiger partial charge < -0.3 is 5.32 Å². The summed E-state index contributed by atoms with van der Waals surface area (Å²) in [5, 5.41) is 7.43. The molecule has 3 heteroatoms. The molecule has 1 N–H and O–H groups in total. The van der Waals surface area contributed by atoms with Crippen LogP contribution in [0.2, 0.25) is 0 Å². The van der Waals surface area contributed by atoms with E-state index in [1.807, 2.05) is 18.2 Å².